The maximum Gasteiger partial charge on any atom is 0.358 e. The van der Waals surface area contributed by atoms with E-state index in [1.165, 1.54) is 12.5 Å². The van der Waals surface area contributed by atoms with Crippen LogP contribution in [0.15, 0.2) is 10.6 Å². The lowest BCUT2D eigenvalue weighted by atomic mass is 10.2. The van der Waals surface area contributed by atoms with Crippen LogP contribution in [0.5, 0.6) is 0 Å². The Labute approximate surface area is 79.3 Å². The van der Waals surface area contributed by atoms with Crippen LogP contribution in [0.2, 0.25) is 0 Å². The highest BCUT2D eigenvalue weighted by Crippen LogP contribution is 2.39. The highest BCUT2D eigenvalue weighted by atomic mass is 32.2. The summed E-state index contributed by atoms with van der Waals surface area (Å²) in [7, 11) is 0. The molecule has 13 heavy (non-hydrogen) atoms. The van der Waals surface area contributed by atoms with Gasteiger partial charge in [-0.3, -0.25) is 0 Å². The average Bonchev–Trinajstić information content (AvgIpc) is 2.75. The number of aromatic carboxylic acids is 1. The Bertz CT molecular complexity index is 317. The minimum Gasteiger partial charge on any atom is -0.476 e. The molecule has 0 aliphatic carbocycles. The molecule has 1 aliphatic rings. The Balaban J connectivity index is 2.16. The SMILES string of the molecule is O=C(O)c1cc(C2CCCS2)on1. The van der Waals surface area contributed by atoms with Crippen molar-refractivity contribution in [1.29, 1.82) is 0 Å². The molecule has 0 radical (unpaired) electrons. The Morgan fingerprint density at radius 2 is 2.62 bits per heavy atom. The van der Waals surface area contributed by atoms with Gasteiger partial charge < -0.3 is 9.63 Å². The van der Waals surface area contributed by atoms with Gasteiger partial charge >= 0.3 is 5.97 Å². The van der Waals surface area contributed by atoms with Crippen LogP contribution in [0, 0.1) is 0 Å². The van der Waals surface area contributed by atoms with Crippen molar-refractivity contribution in [3.63, 3.8) is 0 Å². The second-order valence-electron chi connectivity index (χ2n) is 2.92. The van der Waals surface area contributed by atoms with Crippen molar-refractivity contribution < 1.29 is 14.4 Å². The van der Waals surface area contributed by atoms with Gasteiger partial charge in [-0.05, 0) is 18.6 Å². The van der Waals surface area contributed by atoms with E-state index in [4.69, 9.17) is 9.63 Å². The summed E-state index contributed by atoms with van der Waals surface area (Å²) in [4.78, 5) is 10.5. The van der Waals surface area contributed by atoms with Crippen LogP contribution in [0.4, 0.5) is 0 Å². The molecule has 4 nitrogen and oxygen atoms in total. The van der Waals surface area contributed by atoms with E-state index in [-0.39, 0.29) is 5.69 Å². The second-order valence-corrected chi connectivity index (χ2v) is 4.23. The molecule has 1 fully saturated rings. The zero-order valence-electron chi connectivity index (χ0n) is 6.90. The molecule has 0 bridgehead atoms. The fourth-order valence-corrected chi connectivity index (χ4v) is 2.57. The van der Waals surface area contributed by atoms with Crippen LogP contribution in [-0.2, 0) is 0 Å². The highest BCUT2D eigenvalue weighted by molar-refractivity contribution is 7.99. The first-order chi connectivity index (χ1) is 6.27. The van der Waals surface area contributed by atoms with Crippen molar-refractivity contribution in [3.8, 4) is 0 Å². The summed E-state index contributed by atoms with van der Waals surface area (Å²) in [6.45, 7) is 0. The number of hydrogen-bond donors (Lipinski definition) is 1. The molecule has 1 aliphatic heterocycles. The van der Waals surface area contributed by atoms with E-state index < -0.39 is 5.97 Å². The molecule has 0 aromatic carbocycles. The lowest BCUT2D eigenvalue weighted by Gasteiger charge is -1.99. The lowest BCUT2D eigenvalue weighted by molar-refractivity contribution is 0.0685. The lowest BCUT2D eigenvalue weighted by Crippen LogP contribution is -1.94. The van der Waals surface area contributed by atoms with Gasteiger partial charge in [0, 0.05) is 6.07 Å². The number of carboxylic acids is 1. The molecule has 0 amide bonds. The molecule has 2 heterocycles. The van der Waals surface area contributed by atoms with E-state index in [1.807, 2.05) is 0 Å². The topological polar surface area (TPSA) is 63.3 Å². The van der Waals surface area contributed by atoms with Crippen LogP contribution >= 0.6 is 11.8 Å². The van der Waals surface area contributed by atoms with Crippen LogP contribution in [0.1, 0.15) is 34.3 Å². The van der Waals surface area contributed by atoms with Gasteiger partial charge in [0.05, 0.1) is 5.25 Å². The van der Waals surface area contributed by atoms with E-state index in [0.29, 0.717) is 11.0 Å². The Morgan fingerprint density at radius 3 is 3.15 bits per heavy atom. The standard InChI is InChI=1S/C8H9NO3S/c10-8(11)5-4-6(12-9-5)7-2-1-3-13-7/h4,7H,1-3H2,(H,10,11). The molecule has 1 unspecified atom stereocenters. The van der Waals surface area contributed by atoms with Crippen molar-refractivity contribution in [2.24, 2.45) is 0 Å². The number of carboxylic acid groups (broad SMARTS) is 1. The molecule has 1 aromatic rings. The summed E-state index contributed by atoms with van der Waals surface area (Å²) in [5, 5.41) is 12.4. The third-order valence-electron chi connectivity index (χ3n) is 1.99. The number of rotatable bonds is 2. The zero-order valence-corrected chi connectivity index (χ0v) is 7.71. The predicted molar refractivity (Wildman–Crippen MR) is 47.9 cm³/mol. The molecular weight excluding hydrogens is 190 g/mol. The number of hydrogen-bond acceptors (Lipinski definition) is 4. The van der Waals surface area contributed by atoms with Gasteiger partial charge in [0.25, 0.3) is 0 Å². The van der Waals surface area contributed by atoms with Crippen molar-refractivity contribution in [2.45, 2.75) is 18.1 Å². The van der Waals surface area contributed by atoms with E-state index in [0.717, 1.165) is 12.2 Å². The van der Waals surface area contributed by atoms with Gasteiger partial charge in [0.15, 0.2) is 11.5 Å². The molecule has 0 saturated carbocycles. The van der Waals surface area contributed by atoms with Crippen molar-refractivity contribution >= 4 is 17.7 Å². The Kier molecular flexibility index (Phi) is 2.26. The molecule has 5 heteroatoms. The maximum absolute atomic E-state index is 10.5. The number of nitrogens with zero attached hydrogens (tertiary/aromatic N) is 1. The first kappa shape index (κ1) is 8.62. The molecule has 1 saturated heterocycles. The van der Waals surface area contributed by atoms with Crippen LogP contribution in [0.3, 0.4) is 0 Å². The third kappa shape index (κ3) is 1.70. The smallest absolute Gasteiger partial charge is 0.358 e. The van der Waals surface area contributed by atoms with Crippen molar-refractivity contribution in [1.82, 2.24) is 5.16 Å². The largest absolute Gasteiger partial charge is 0.476 e. The molecule has 1 atom stereocenters. The quantitative estimate of drug-likeness (QED) is 0.788. The average molecular weight is 199 g/mol. The van der Waals surface area contributed by atoms with Gasteiger partial charge in [-0.1, -0.05) is 5.16 Å². The summed E-state index contributed by atoms with van der Waals surface area (Å²) >= 11 is 1.79. The summed E-state index contributed by atoms with van der Waals surface area (Å²) in [6.07, 6.45) is 2.22. The zero-order chi connectivity index (χ0) is 9.26. The minimum absolute atomic E-state index is 0.00231. The van der Waals surface area contributed by atoms with Crippen LogP contribution in [0.25, 0.3) is 0 Å². The van der Waals surface area contributed by atoms with E-state index >= 15 is 0 Å². The maximum atomic E-state index is 10.5. The minimum atomic E-state index is -1.03. The number of aromatic nitrogens is 1. The van der Waals surface area contributed by atoms with Gasteiger partial charge in [0.2, 0.25) is 0 Å². The predicted octanol–water partition coefficient (Wildman–Crippen LogP) is 1.94. The fourth-order valence-electron chi connectivity index (χ4n) is 1.34. The van der Waals surface area contributed by atoms with Gasteiger partial charge in [-0.15, -0.1) is 0 Å². The van der Waals surface area contributed by atoms with Gasteiger partial charge in [-0.25, -0.2) is 4.79 Å². The van der Waals surface area contributed by atoms with E-state index in [2.05, 4.69) is 5.16 Å². The first-order valence-electron chi connectivity index (χ1n) is 4.09. The van der Waals surface area contributed by atoms with Crippen LogP contribution < -0.4 is 0 Å². The van der Waals surface area contributed by atoms with Crippen LogP contribution in [-0.4, -0.2) is 22.0 Å². The Morgan fingerprint density at radius 1 is 1.77 bits per heavy atom. The number of thioether (sulfide) groups is 1. The summed E-state index contributed by atoms with van der Waals surface area (Å²) < 4.78 is 4.96. The van der Waals surface area contributed by atoms with Crippen molar-refractivity contribution in [3.05, 3.63) is 17.5 Å². The highest BCUT2D eigenvalue weighted by Gasteiger charge is 2.23. The third-order valence-corrected chi connectivity index (χ3v) is 3.39. The van der Waals surface area contributed by atoms with Crippen molar-refractivity contribution in [2.75, 3.05) is 5.75 Å². The first-order valence-corrected chi connectivity index (χ1v) is 5.14. The molecule has 2 rings (SSSR count). The molecular formula is C8H9NO3S. The second kappa shape index (κ2) is 3.41. The summed E-state index contributed by atoms with van der Waals surface area (Å²) in [5.74, 6) is 0.784. The number of carbonyl (C=O) groups is 1. The monoisotopic (exact) mass is 199 g/mol. The normalized spacial score (nSPS) is 22.0. The molecule has 0 spiro atoms. The molecule has 1 aromatic heterocycles. The molecule has 1 N–H and O–H groups in total. The summed E-state index contributed by atoms with van der Waals surface area (Å²) in [5.41, 5.74) is 0.00231. The molecule has 70 valence electrons. The van der Waals surface area contributed by atoms with Gasteiger partial charge in [-0.2, -0.15) is 11.8 Å². The fraction of sp³-hybridized carbons (Fsp3) is 0.500. The van der Waals surface area contributed by atoms with E-state index in [1.54, 1.807) is 11.8 Å². The summed E-state index contributed by atoms with van der Waals surface area (Å²) in [6, 6.07) is 1.52. The van der Waals surface area contributed by atoms with Gasteiger partial charge in [0.1, 0.15) is 0 Å². The van der Waals surface area contributed by atoms with E-state index in [9.17, 15) is 4.79 Å². The Hall–Kier alpha value is -0.970.